The Balaban J connectivity index is 1.74. The summed E-state index contributed by atoms with van der Waals surface area (Å²) in [5.41, 5.74) is 7.29. The highest BCUT2D eigenvalue weighted by Crippen LogP contribution is 2.02. The second-order valence-electron chi connectivity index (χ2n) is 4.01. The second kappa shape index (κ2) is 6.39. The number of amides is 1. The van der Waals surface area contributed by atoms with Crippen molar-refractivity contribution in [2.75, 3.05) is 5.73 Å². The van der Waals surface area contributed by atoms with Crippen molar-refractivity contribution in [3.63, 3.8) is 0 Å². The number of nitrogens with one attached hydrogen (secondary N) is 1. The van der Waals surface area contributed by atoms with E-state index in [1.165, 1.54) is 0 Å². The summed E-state index contributed by atoms with van der Waals surface area (Å²) in [5, 5.41) is 2.65. The van der Waals surface area contributed by atoms with Crippen LogP contribution < -0.4 is 11.1 Å². The number of nitrogens with zero attached hydrogens (tertiary/aromatic N) is 1. The van der Waals surface area contributed by atoms with E-state index in [0.717, 1.165) is 11.1 Å². The van der Waals surface area contributed by atoms with Crippen LogP contribution in [0.25, 0.3) is 0 Å². The Bertz CT molecular complexity index is 526. The fraction of sp³-hybridized carbons (Fsp3) is 0.143. The maximum absolute atomic E-state index is 11.5. The summed E-state index contributed by atoms with van der Waals surface area (Å²) in [6.45, 7) is 0.619. The van der Waals surface area contributed by atoms with E-state index >= 15 is 0 Å². The lowest BCUT2D eigenvalue weighted by molar-refractivity contribution is 0.139. The summed E-state index contributed by atoms with van der Waals surface area (Å²) in [6.07, 6.45) is 1.16. The SMILES string of the molecule is Nc1ccc(CNC(=O)OCc2ccccc2)cn1. The van der Waals surface area contributed by atoms with Gasteiger partial charge in [0.2, 0.25) is 0 Å². The second-order valence-corrected chi connectivity index (χ2v) is 4.01. The first kappa shape index (κ1) is 12.9. The largest absolute Gasteiger partial charge is 0.445 e. The van der Waals surface area contributed by atoms with Crippen LogP contribution in [-0.4, -0.2) is 11.1 Å². The van der Waals surface area contributed by atoms with Crippen molar-refractivity contribution >= 4 is 11.9 Å². The lowest BCUT2D eigenvalue weighted by Crippen LogP contribution is -2.23. The van der Waals surface area contributed by atoms with E-state index in [-0.39, 0.29) is 6.61 Å². The normalized spacial score (nSPS) is 9.89. The van der Waals surface area contributed by atoms with Gasteiger partial charge in [0.05, 0.1) is 0 Å². The van der Waals surface area contributed by atoms with Gasteiger partial charge in [-0.15, -0.1) is 0 Å². The smallest absolute Gasteiger partial charge is 0.407 e. The number of benzene rings is 1. The number of carbonyl (C=O) groups excluding carboxylic acids is 1. The number of hydrogen-bond acceptors (Lipinski definition) is 4. The molecular formula is C14H15N3O2. The summed E-state index contributed by atoms with van der Waals surface area (Å²) >= 11 is 0. The molecule has 98 valence electrons. The third kappa shape index (κ3) is 4.31. The number of pyridine rings is 1. The molecule has 0 saturated carbocycles. The number of carbonyl (C=O) groups is 1. The highest BCUT2D eigenvalue weighted by atomic mass is 16.5. The Hall–Kier alpha value is -2.56. The van der Waals surface area contributed by atoms with Gasteiger partial charge in [-0.3, -0.25) is 0 Å². The third-order valence-corrected chi connectivity index (χ3v) is 2.50. The van der Waals surface area contributed by atoms with E-state index in [2.05, 4.69) is 10.3 Å². The zero-order valence-electron chi connectivity index (χ0n) is 10.4. The topological polar surface area (TPSA) is 77.2 Å². The molecule has 1 aromatic heterocycles. The summed E-state index contributed by atoms with van der Waals surface area (Å²) in [5.74, 6) is 0.454. The van der Waals surface area contributed by atoms with E-state index in [9.17, 15) is 4.79 Å². The minimum atomic E-state index is -0.458. The average molecular weight is 257 g/mol. The molecule has 0 fully saturated rings. The molecule has 0 bridgehead atoms. The fourth-order valence-electron chi connectivity index (χ4n) is 1.49. The van der Waals surface area contributed by atoms with Gasteiger partial charge >= 0.3 is 6.09 Å². The molecule has 0 radical (unpaired) electrons. The van der Waals surface area contributed by atoms with Gasteiger partial charge in [-0.1, -0.05) is 36.4 Å². The highest BCUT2D eigenvalue weighted by molar-refractivity contribution is 5.67. The molecule has 1 amide bonds. The van der Waals surface area contributed by atoms with Gasteiger partial charge in [-0.25, -0.2) is 9.78 Å². The van der Waals surface area contributed by atoms with Crippen molar-refractivity contribution < 1.29 is 9.53 Å². The Labute approximate surface area is 111 Å². The minimum absolute atomic E-state index is 0.257. The lowest BCUT2D eigenvalue weighted by Gasteiger charge is -2.07. The van der Waals surface area contributed by atoms with Crippen LogP contribution in [-0.2, 0) is 17.9 Å². The molecule has 0 aliphatic rings. The molecule has 19 heavy (non-hydrogen) atoms. The molecule has 0 aliphatic carbocycles. The summed E-state index contributed by atoms with van der Waals surface area (Å²) < 4.78 is 5.08. The van der Waals surface area contributed by atoms with Crippen LogP contribution in [0.3, 0.4) is 0 Å². The first-order valence-electron chi connectivity index (χ1n) is 5.89. The van der Waals surface area contributed by atoms with Crippen LogP contribution >= 0.6 is 0 Å². The van der Waals surface area contributed by atoms with E-state index < -0.39 is 6.09 Å². The number of alkyl carbamates (subject to hydrolysis) is 1. The van der Waals surface area contributed by atoms with Crippen LogP contribution in [0.15, 0.2) is 48.7 Å². The zero-order valence-corrected chi connectivity index (χ0v) is 10.4. The molecule has 2 rings (SSSR count). The molecule has 3 N–H and O–H groups in total. The highest BCUT2D eigenvalue weighted by Gasteiger charge is 2.02. The van der Waals surface area contributed by atoms with Gasteiger partial charge < -0.3 is 15.8 Å². The van der Waals surface area contributed by atoms with Crippen LogP contribution in [0.1, 0.15) is 11.1 Å². The van der Waals surface area contributed by atoms with Gasteiger partial charge in [-0.2, -0.15) is 0 Å². The van der Waals surface area contributed by atoms with E-state index in [1.54, 1.807) is 18.3 Å². The molecule has 5 heteroatoms. The van der Waals surface area contributed by atoms with Crippen LogP contribution in [0.2, 0.25) is 0 Å². The number of anilines is 1. The standard InChI is InChI=1S/C14H15N3O2/c15-13-7-6-12(8-16-13)9-17-14(18)19-10-11-4-2-1-3-5-11/h1-8H,9-10H2,(H2,15,16)(H,17,18). The van der Waals surface area contributed by atoms with Crippen molar-refractivity contribution in [1.82, 2.24) is 10.3 Å². The lowest BCUT2D eigenvalue weighted by atomic mass is 10.2. The Kier molecular flexibility index (Phi) is 4.34. The van der Waals surface area contributed by atoms with Crippen molar-refractivity contribution in [2.24, 2.45) is 0 Å². The monoisotopic (exact) mass is 257 g/mol. The number of ether oxygens (including phenoxy) is 1. The van der Waals surface area contributed by atoms with E-state index in [0.29, 0.717) is 12.4 Å². The molecule has 0 aliphatic heterocycles. The molecule has 0 unspecified atom stereocenters. The van der Waals surface area contributed by atoms with Crippen molar-refractivity contribution in [3.8, 4) is 0 Å². The Morgan fingerprint density at radius 1 is 1.16 bits per heavy atom. The summed E-state index contributed by atoms with van der Waals surface area (Å²) in [6, 6.07) is 13.0. The molecule has 2 aromatic rings. The van der Waals surface area contributed by atoms with Gasteiger partial charge in [0.25, 0.3) is 0 Å². The molecular weight excluding hydrogens is 242 g/mol. The van der Waals surface area contributed by atoms with E-state index in [4.69, 9.17) is 10.5 Å². The predicted octanol–water partition coefficient (Wildman–Crippen LogP) is 2.09. The van der Waals surface area contributed by atoms with Gasteiger partial charge in [-0.05, 0) is 17.2 Å². The van der Waals surface area contributed by atoms with E-state index in [1.807, 2.05) is 30.3 Å². The van der Waals surface area contributed by atoms with Crippen molar-refractivity contribution in [1.29, 1.82) is 0 Å². The summed E-state index contributed by atoms with van der Waals surface area (Å²) in [7, 11) is 0. The fourth-order valence-corrected chi connectivity index (χ4v) is 1.49. The van der Waals surface area contributed by atoms with Crippen molar-refractivity contribution in [3.05, 3.63) is 59.8 Å². The predicted molar refractivity (Wildman–Crippen MR) is 72.1 cm³/mol. The number of nitrogens with two attached hydrogens (primary N) is 1. The third-order valence-electron chi connectivity index (χ3n) is 2.50. The number of aromatic nitrogens is 1. The molecule has 0 spiro atoms. The van der Waals surface area contributed by atoms with Crippen LogP contribution in [0, 0.1) is 0 Å². The first-order valence-corrected chi connectivity index (χ1v) is 5.89. The number of hydrogen-bond donors (Lipinski definition) is 2. The first-order chi connectivity index (χ1) is 9.24. The zero-order chi connectivity index (χ0) is 13.5. The van der Waals surface area contributed by atoms with Gasteiger partial charge in [0, 0.05) is 12.7 Å². The van der Waals surface area contributed by atoms with Crippen LogP contribution in [0.5, 0.6) is 0 Å². The Morgan fingerprint density at radius 2 is 1.95 bits per heavy atom. The number of nitrogen functional groups attached to an aromatic ring is 1. The van der Waals surface area contributed by atoms with Crippen molar-refractivity contribution in [2.45, 2.75) is 13.2 Å². The molecule has 0 saturated heterocycles. The molecule has 1 aromatic carbocycles. The minimum Gasteiger partial charge on any atom is -0.445 e. The van der Waals surface area contributed by atoms with Gasteiger partial charge in [0.1, 0.15) is 12.4 Å². The average Bonchev–Trinajstić information content (AvgIpc) is 2.45. The molecule has 5 nitrogen and oxygen atoms in total. The quantitative estimate of drug-likeness (QED) is 0.879. The Morgan fingerprint density at radius 3 is 2.63 bits per heavy atom. The molecule has 0 atom stereocenters. The van der Waals surface area contributed by atoms with Crippen LogP contribution in [0.4, 0.5) is 10.6 Å². The maximum Gasteiger partial charge on any atom is 0.407 e. The number of rotatable bonds is 4. The maximum atomic E-state index is 11.5. The summed E-state index contributed by atoms with van der Waals surface area (Å²) in [4.78, 5) is 15.4. The molecule has 1 heterocycles. The van der Waals surface area contributed by atoms with Gasteiger partial charge in [0.15, 0.2) is 0 Å².